The summed E-state index contributed by atoms with van der Waals surface area (Å²) in [6.07, 6.45) is -1.25. The van der Waals surface area contributed by atoms with E-state index >= 15 is 0 Å². The Morgan fingerprint density at radius 2 is 1.74 bits per heavy atom. The van der Waals surface area contributed by atoms with Crippen LogP contribution in [-0.2, 0) is 16.4 Å². The van der Waals surface area contributed by atoms with Crippen molar-refractivity contribution in [1.29, 1.82) is 0 Å². The fourth-order valence-corrected chi connectivity index (χ4v) is 4.38. The van der Waals surface area contributed by atoms with Gasteiger partial charge in [0.2, 0.25) is 9.84 Å². The second-order valence-electron chi connectivity index (χ2n) is 6.79. The van der Waals surface area contributed by atoms with Crippen LogP contribution in [0.3, 0.4) is 0 Å². The summed E-state index contributed by atoms with van der Waals surface area (Å²) in [7, 11) is -2.81. The molecular weight excluding hydrogens is 450 g/mol. The van der Waals surface area contributed by atoms with Gasteiger partial charge in [0.15, 0.2) is 5.03 Å². The summed E-state index contributed by atoms with van der Waals surface area (Å²) in [6.45, 7) is 1.27. The first-order chi connectivity index (χ1) is 14.5. The first kappa shape index (κ1) is 22.6. The third-order valence-corrected chi connectivity index (χ3v) is 6.55. The van der Waals surface area contributed by atoms with Crippen molar-refractivity contribution in [2.24, 2.45) is 0 Å². The molecule has 0 atom stereocenters. The Bertz CT molecular complexity index is 1270. The van der Waals surface area contributed by atoms with Gasteiger partial charge in [-0.1, -0.05) is 11.6 Å². The fourth-order valence-electron chi connectivity index (χ4n) is 2.99. The van der Waals surface area contributed by atoms with Gasteiger partial charge in [-0.2, -0.15) is 0 Å². The predicted octanol–water partition coefficient (Wildman–Crippen LogP) is 4.93. The fraction of sp³-hybridized carbons (Fsp3) is 0.143. The molecule has 0 radical (unpaired) electrons. The number of hydrogen-bond acceptors (Lipinski definition) is 4. The van der Waals surface area contributed by atoms with Crippen molar-refractivity contribution in [3.05, 3.63) is 76.4 Å². The summed E-state index contributed by atoms with van der Waals surface area (Å²) in [5, 5.41) is 9.18. The minimum absolute atomic E-state index is 0.0325. The van der Waals surface area contributed by atoms with E-state index in [0.717, 1.165) is 29.2 Å². The molecule has 2 aromatic carbocycles. The van der Waals surface area contributed by atoms with E-state index in [1.165, 1.54) is 38.2 Å². The molecule has 0 saturated heterocycles. The average molecular weight is 467 g/mol. The summed E-state index contributed by atoms with van der Waals surface area (Å²) >= 11 is 5.83. The van der Waals surface area contributed by atoms with E-state index in [9.17, 15) is 27.1 Å². The second kappa shape index (κ2) is 8.60. The Balaban J connectivity index is 2.27. The number of hydrogen-bond donors (Lipinski definition) is 1. The molecule has 31 heavy (non-hydrogen) atoms. The lowest BCUT2D eigenvalue weighted by Crippen LogP contribution is -2.25. The lowest BCUT2D eigenvalue weighted by molar-refractivity contribution is 0.153. The van der Waals surface area contributed by atoms with Crippen LogP contribution in [0.25, 0.3) is 11.1 Å². The van der Waals surface area contributed by atoms with Crippen LogP contribution in [-0.4, -0.2) is 36.5 Å². The molecule has 162 valence electrons. The number of amides is 1. The van der Waals surface area contributed by atoms with E-state index in [1.807, 2.05) is 0 Å². The highest BCUT2D eigenvalue weighted by atomic mass is 35.5. The Morgan fingerprint density at radius 1 is 1.10 bits per heavy atom. The molecule has 0 unspecified atom stereocenters. The van der Waals surface area contributed by atoms with Crippen LogP contribution in [0.15, 0.2) is 58.5 Å². The van der Waals surface area contributed by atoms with Gasteiger partial charge in [-0.3, -0.25) is 0 Å². The lowest BCUT2D eigenvalue weighted by atomic mass is 9.98. The van der Waals surface area contributed by atoms with Crippen molar-refractivity contribution in [2.75, 3.05) is 7.05 Å². The molecule has 1 N–H and O–H groups in total. The molecule has 6 nitrogen and oxygen atoms in total. The summed E-state index contributed by atoms with van der Waals surface area (Å²) < 4.78 is 54.6. The van der Waals surface area contributed by atoms with E-state index in [0.29, 0.717) is 5.02 Å². The second-order valence-corrected chi connectivity index (χ2v) is 9.13. The third-order valence-electron chi connectivity index (χ3n) is 4.65. The van der Waals surface area contributed by atoms with E-state index in [2.05, 4.69) is 4.98 Å². The smallest absolute Gasteiger partial charge is 0.407 e. The molecule has 0 bridgehead atoms. The number of benzene rings is 2. The summed E-state index contributed by atoms with van der Waals surface area (Å²) in [5.41, 5.74) is 0.253. The monoisotopic (exact) mass is 466 g/mol. The van der Waals surface area contributed by atoms with Crippen LogP contribution in [0.2, 0.25) is 5.02 Å². The van der Waals surface area contributed by atoms with Gasteiger partial charge in [0.25, 0.3) is 0 Å². The Hall–Kier alpha value is -3.04. The van der Waals surface area contributed by atoms with Crippen LogP contribution in [0.4, 0.5) is 13.6 Å². The van der Waals surface area contributed by atoms with Gasteiger partial charge in [0, 0.05) is 28.9 Å². The van der Waals surface area contributed by atoms with E-state index in [-0.39, 0.29) is 38.9 Å². The maximum absolute atomic E-state index is 14.6. The number of carboxylic acid groups (broad SMARTS) is 1. The number of rotatable bonds is 5. The van der Waals surface area contributed by atoms with Crippen molar-refractivity contribution in [2.45, 2.75) is 23.4 Å². The highest BCUT2D eigenvalue weighted by Crippen LogP contribution is 2.33. The quantitative estimate of drug-likeness (QED) is 0.576. The first-order valence-electron chi connectivity index (χ1n) is 8.91. The molecular formula is C21H17ClF2N2O4S. The predicted molar refractivity (Wildman–Crippen MR) is 111 cm³/mol. The number of carbonyl (C=O) groups is 1. The van der Waals surface area contributed by atoms with Crippen LogP contribution in [0.1, 0.15) is 11.3 Å². The minimum atomic E-state index is -4.11. The van der Waals surface area contributed by atoms with Gasteiger partial charge in [0.05, 0.1) is 11.4 Å². The van der Waals surface area contributed by atoms with Crippen LogP contribution in [0.5, 0.6) is 0 Å². The van der Waals surface area contributed by atoms with Gasteiger partial charge in [-0.05, 0) is 61.0 Å². The van der Waals surface area contributed by atoms with Gasteiger partial charge in [0.1, 0.15) is 11.6 Å². The molecule has 0 aliphatic carbocycles. The average Bonchev–Trinajstić information content (AvgIpc) is 2.71. The molecule has 0 aliphatic rings. The molecule has 0 spiro atoms. The third kappa shape index (κ3) is 4.67. The molecule has 10 heteroatoms. The van der Waals surface area contributed by atoms with Crippen molar-refractivity contribution < 1.29 is 27.1 Å². The van der Waals surface area contributed by atoms with Crippen LogP contribution < -0.4 is 0 Å². The van der Waals surface area contributed by atoms with E-state index in [1.54, 1.807) is 0 Å². The molecule has 3 aromatic rings. The molecule has 0 aliphatic heterocycles. The SMILES string of the molecule is Cc1nc(S(=O)(=O)c2ccc(Cl)cc2)cc(-c2cc(F)ccc2F)c1CN(C)C(=O)O. The number of pyridine rings is 1. The zero-order valence-corrected chi connectivity index (χ0v) is 18.0. The standard InChI is InChI=1S/C21H17ClF2N2O4S/c1-12-18(11-26(2)21(27)28)16(17-9-14(23)5-8-19(17)24)10-20(25-12)31(29,30)15-6-3-13(22)4-7-15/h3-10H,11H2,1-2H3,(H,27,28). The molecule has 1 aromatic heterocycles. The summed E-state index contributed by atoms with van der Waals surface area (Å²) in [6, 6.07) is 9.33. The molecule has 1 heterocycles. The normalized spacial score (nSPS) is 11.4. The Morgan fingerprint density at radius 3 is 2.35 bits per heavy atom. The van der Waals surface area contributed by atoms with Crippen LogP contribution >= 0.6 is 11.6 Å². The van der Waals surface area contributed by atoms with Gasteiger partial charge in [-0.15, -0.1) is 0 Å². The van der Waals surface area contributed by atoms with Crippen molar-refractivity contribution >= 4 is 27.5 Å². The summed E-state index contributed by atoms with van der Waals surface area (Å²) in [4.78, 5) is 16.3. The van der Waals surface area contributed by atoms with Crippen molar-refractivity contribution in [3.63, 3.8) is 0 Å². The molecule has 0 saturated carbocycles. The van der Waals surface area contributed by atoms with Gasteiger partial charge < -0.3 is 10.0 Å². The number of halogens is 3. The van der Waals surface area contributed by atoms with Crippen LogP contribution in [0, 0.1) is 18.6 Å². The largest absolute Gasteiger partial charge is 0.465 e. The Labute approximate surface area is 182 Å². The zero-order valence-electron chi connectivity index (χ0n) is 16.4. The maximum atomic E-state index is 14.6. The van der Waals surface area contributed by atoms with E-state index < -0.39 is 27.6 Å². The maximum Gasteiger partial charge on any atom is 0.407 e. The highest BCUT2D eigenvalue weighted by Gasteiger charge is 2.25. The molecule has 3 rings (SSSR count). The van der Waals surface area contributed by atoms with E-state index in [4.69, 9.17) is 11.6 Å². The topological polar surface area (TPSA) is 87.6 Å². The summed E-state index contributed by atoms with van der Waals surface area (Å²) in [5.74, 6) is -1.52. The zero-order chi connectivity index (χ0) is 22.9. The highest BCUT2D eigenvalue weighted by molar-refractivity contribution is 7.91. The first-order valence-corrected chi connectivity index (χ1v) is 10.8. The number of nitrogens with zero attached hydrogens (tertiary/aromatic N) is 2. The van der Waals surface area contributed by atoms with Gasteiger partial charge in [-0.25, -0.2) is 27.0 Å². The number of sulfone groups is 1. The minimum Gasteiger partial charge on any atom is -0.465 e. The Kier molecular flexibility index (Phi) is 6.28. The van der Waals surface area contributed by atoms with Crippen molar-refractivity contribution in [1.82, 2.24) is 9.88 Å². The van der Waals surface area contributed by atoms with Crippen molar-refractivity contribution in [3.8, 4) is 11.1 Å². The van der Waals surface area contributed by atoms with Gasteiger partial charge >= 0.3 is 6.09 Å². The number of aryl methyl sites for hydroxylation is 1. The molecule has 1 amide bonds. The lowest BCUT2D eigenvalue weighted by Gasteiger charge is -2.19. The molecule has 0 fully saturated rings. The number of aromatic nitrogens is 1.